The van der Waals surface area contributed by atoms with Gasteiger partial charge in [0, 0.05) is 19.0 Å². The quantitative estimate of drug-likeness (QED) is 0.746. The van der Waals surface area contributed by atoms with Gasteiger partial charge in [-0.15, -0.1) is 6.42 Å². The molecule has 0 aliphatic carbocycles. The average molecular weight is 294 g/mol. The van der Waals surface area contributed by atoms with Crippen LogP contribution in [0.1, 0.15) is 26.7 Å². The molecular weight excluding hydrogens is 272 g/mol. The molecule has 0 aromatic heterocycles. The number of amides is 2. The molecule has 21 heavy (non-hydrogen) atoms. The van der Waals surface area contributed by atoms with Gasteiger partial charge in [0.25, 0.3) is 0 Å². The Morgan fingerprint density at radius 1 is 1.43 bits per heavy atom. The third-order valence-corrected chi connectivity index (χ3v) is 3.50. The van der Waals surface area contributed by atoms with E-state index in [0.29, 0.717) is 19.5 Å². The van der Waals surface area contributed by atoms with Crippen molar-refractivity contribution in [1.82, 2.24) is 9.80 Å². The summed E-state index contributed by atoms with van der Waals surface area (Å²) in [6, 6.07) is 0. The van der Waals surface area contributed by atoms with Gasteiger partial charge in [-0.2, -0.15) is 0 Å². The van der Waals surface area contributed by atoms with Crippen molar-refractivity contribution >= 4 is 17.8 Å². The summed E-state index contributed by atoms with van der Waals surface area (Å²) in [6.07, 6.45) is 6.58. The second-order valence-electron chi connectivity index (χ2n) is 5.57. The average Bonchev–Trinajstić information content (AvgIpc) is 2.44. The predicted octanol–water partition coefficient (Wildman–Crippen LogP) is 0.427. The monoisotopic (exact) mass is 294 g/mol. The number of aliphatic carboxylic acids is 1. The van der Waals surface area contributed by atoms with Gasteiger partial charge in [0.05, 0.1) is 12.5 Å². The lowest BCUT2D eigenvalue weighted by atomic mass is 9.95. The van der Waals surface area contributed by atoms with Crippen molar-refractivity contribution in [3.05, 3.63) is 0 Å². The number of carboxylic acid groups (broad SMARTS) is 1. The summed E-state index contributed by atoms with van der Waals surface area (Å²) in [7, 11) is 0. The smallest absolute Gasteiger partial charge is 0.323 e. The van der Waals surface area contributed by atoms with Crippen molar-refractivity contribution in [2.75, 3.05) is 26.2 Å². The zero-order valence-electron chi connectivity index (χ0n) is 12.5. The highest BCUT2D eigenvalue weighted by atomic mass is 16.4. The van der Waals surface area contributed by atoms with Crippen LogP contribution in [-0.4, -0.2) is 58.9 Å². The standard InChI is InChI=1S/C15H22N2O4/c1-4-7-16(10-13(18)19)15(21)12-6-5-8-17(9-12)14(20)11(2)3/h1,11-12H,5-10H2,2-3H3,(H,18,19). The Kier molecular flexibility index (Phi) is 6.22. The van der Waals surface area contributed by atoms with Gasteiger partial charge in [-0.1, -0.05) is 19.8 Å². The number of nitrogens with zero attached hydrogens (tertiary/aromatic N) is 2. The minimum absolute atomic E-state index is 0.0224. The molecule has 1 heterocycles. The normalized spacial score (nSPS) is 18.2. The maximum absolute atomic E-state index is 12.4. The Bertz CT molecular complexity index is 453. The van der Waals surface area contributed by atoms with Crippen LogP contribution in [0.2, 0.25) is 0 Å². The van der Waals surface area contributed by atoms with E-state index in [9.17, 15) is 14.4 Å². The van der Waals surface area contributed by atoms with Crippen molar-refractivity contribution in [1.29, 1.82) is 0 Å². The molecule has 1 unspecified atom stereocenters. The molecule has 116 valence electrons. The van der Waals surface area contributed by atoms with E-state index in [-0.39, 0.29) is 30.2 Å². The molecule has 0 aromatic carbocycles. The molecule has 1 rings (SSSR count). The molecule has 0 spiro atoms. The molecule has 0 saturated carbocycles. The largest absolute Gasteiger partial charge is 0.480 e. The van der Waals surface area contributed by atoms with E-state index in [1.54, 1.807) is 4.90 Å². The summed E-state index contributed by atoms with van der Waals surface area (Å²) in [4.78, 5) is 38.1. The fourth-order valence-electron chi connectivity index (χ4n) is 2.49. The highest BCUT2D eigenvalue weighted by molar-refractivity contribution is 5.85. The molecule has 1 fully saturated rings. The fraction of sp³-hybridized carbons (Fsp3) is 0.667. The van der Waals surface area contributed by atoms with E-state index in [1.165, 1.54) is 0 Å². The maximum Gasteiger partial charge on any atom is 0.323 e. The number of likely N-dealkylation sites (tertiary alicyclic amines) is 1. The van der Waals surface area contributed by atoms with Crippen LogP contribution in [0.15, 0.2) is 0 Å². The molecule has 2 amide bonds. The van der Waals surface area contributed by atoms with Crippen molar-refractivity contribution in [2.45, 2.75) is 26.7 Å². The summed E-state index contributed by atoms with van der Waals surface area (Å²) >= 11 is 0. The first-order valence-electron chi connectivity index (χ1n) is 7.09. The molecule has 6 heteroatoms. The summed E-state index contributed by atoms with van der Waals surface area (Å²) < 4.78 is 0. The highest BCUT2D eigenvalue weighted by Crippen LogP contribution is 2.20. The molecule has 1 saturated heterocycles. The van der Waals surface area contributed by atoms with Crippen LogP contribution in [0, 0.1) is 24.2 Å². The lowest BCUT2D eigenvalue weighted by Gasteiger charge is -2.35. The Balaban J connectivity index is 2.73. The van der Waals surface area contributed by atoms with E-state index in [1.807, 2.05) is 13.8 Å². The van der Waals surface area contributed by atoms with Crippen molar-refractivity contribution < 1.29 is 19.5 Å². The zero-order chi connectivity index (χ0) is 16.0. The van der Waals surface area contributed by atoms with E-state index < -0.39 is 12.5 Å². The number of carboxylic acids is 1. The van der Waals surface area contributed by atoms with Crippen LogP contribution in [-0.2, 0) is 14.4 Å². The Morgan fingerprint density at radius 2 is 2.10 bits per heavy atom. The van der Waals surface area contributed by atoms with Gasteiger partial charge < -0.3 is 14.9 Å². The van der Waals surface area contributed by atoms with Crippen molar-refractivity contribution in [3.8, 4) is 12.3 Å². The lowest BCUT2D eigenvalue weighted by Crippen LogP contribution is -2.48. The first-order valence-corrected chi connectivity index (χ1v) is 7.09. The van der Waals surface area contributed by atoms with Crippen LogP contribution < -0.4 is 0 Å². The van der Waals surface area contributed by atoms with Gasteiger partial charge in [0.15, 0.2) is 0 Å². The third-order valence-electron chi connectivity index (χ3n) is 3.50. The van der Waals surface area contributed by atoms with Crippen LogP contribution in [0.25, 0.3) is 0 Å². The maximum atomic E-state index is 12.4. The molecule has 1 aliphatic rings. The molecule has 0 radical (unpaired) electrons. The number of carbonyl (C=O) groups is 3. The molecule has 6 nitrogen and oxygen atoms in total. The molecular formula is C15H22N2O4. The summed E-state index contributed by atoms with van der Waals surface area (Å²) in [5.74, 6) is 0.477. The lowest BCUT2D eigenvalue weighted by molar-refractivity contribution is -0.148. The Morgan fingerprint density at radius 3 is 2.62 bits per heavy atom. The van der Waals surface area contributed by atoms with Crippen LogP contribution in [0.4, 0.5) is 0 Å². The number of carbonyl (C=O) groups excluding carboxylic acids is 2. The number of hydrogen-bond donors (Lipinski definition) is 1. The number of terminal acetylenes is 1. The Labute approximate surface area is 125 Å². The highest BCUT2D eigenvalue weighted by Gasteiger charge is 2.32. The van der Waals surface area contributed by atoms with Gasteiger partial charge >= 0.3 is 5.97 Å². The van der Waals surface area contributed by atoms with E-state index in [4.69, 9.17) is 11.5 Å². The van der Waals surface area contributed by atoms with Crippen molar-refractivity contribution in [2.24, 2.45) is 11.8 Å². The molecule has 0 bridgehead atoms. The van der Waals surface area contributed by atoms with Gasteiger partial charge in [-0.05, 0) is 12.8 Å². The minimum atomic E-state index is -1.09. The van der Waals surface area contributed by atoms with Gasteiger partial charge in [0.2, 0.25) is 11.8 Å². The van der Waals surface area contributed by atoms with E-state index in [0.717, 1.165) is 11.3 Å². The summed E-state index contributed by atoms with van der Waals surface area (Å²) in [5, 5.41) is 8.84. The first-order chi connectivity index (χ1) is 9.86. The van der Waals surface area contributed by atoms with Gasteiger partial charge in [0.1, 0.15) is 6.54 Å². The van der Waals surface area contributed by atoms with Crippen molar-refractivity contribution in [3.63, 3.8) is 0 Å². The number of piperidine rings is 1. The second kappa shape index (κ2) is 7.67. The minimum Gasteiger partial charge on any atom is -0.480 e. The molecule has 1 atom stereocenters. The summed E-state index contributed by atoms with van der Waals surface area (Å²) in [5.41, 5.74) is 0. The third kappa shape index (κ3) is 4.78. The SMILES string of the molecule is C#CCN(CC(=O)O)C(=O)C1CCCN(C(=O)C(C)C)C1. The van der Waals surface area contributed by atoms with E-state index in [2.05, 4.69) is 5.92 Å². The van der Waals surface area contributed by atoms with Crippen LogP contribution in [0.3, 0.4) is 0 Å². The molecule has 1 aliphatic heterocycles. The number of hydrogen-bond acceptors (Lipinski definition) is 3. The van der Waals surface area contributed by atoms with E-state index >= 15 is 0 Å². The summed E-state index contributed by atoms with van der Waals surface area (Å²) in [6.45, 7) is 4.20. The fourth-order valence-corrected chi connectivity index (χ4v) is 2.49. The Hall–Kier alpha value is -2.03. The second-order valence-corrected chi connectivity index (χ2v) is 5.57. The first kappa shape index (κ1) is 17.0. The van der Waals surface area contributed by atoms with Crippen LogP contribution in [0.5, 0.6) is 0 Å². The number of rotatable bonds is 5. The van der Waals surface area contributed by atoms with Crippen LogP contribution >= 0.6 is 0 Å². The van der Waals surface area contributed by atoms with Gasteiger partial charge in [-0.25, -0.2) is 0 Å². The zero-order valence-corrected chi connectivity index (χ0v) is 12.5. The molecule has 0 aromatic rings. The van der Waals surface area contributed by atoms with Gasteiger partial charge in [-0.3, -0.25) is 14.4 Å². The topological polar surface area (TPSA) is 77.9 Å². The molecule has 1 N–H and O–H groups in total. The predicted molar refractivity (Wildman–Crippen MR) is 77.2 cm³/mol.